The molecule has 0 radical (unpaired) electrons. The average molecular weight is 295 g/mol. The highest BCUT2D eigenvalue weighted by atomic mass is 19.3. The third-order valence-electron chi connectivity index (χ3n) is 4.05. The number of hydrogen-bond donors (Lipinski definition) is 1. The maximum absolute atomic E-state index is 13.0. The first-order valence-electron chi connectivity index (χ1n) is 7.23. The second-order valence-corrected chi connectivity index (χ2v) is 5.89. The molecule has 0 amide bonds. The highest BCUT2D eigenvalue weighted by molar-refractivity contribution is 5.75. The highest BCUT2D eigenvalue weighted by Gasteiger charge is 2.29. The van der Waals surface area contributed by atoms with Crippen molar-refractivity contribution in [2.75, 3.05) is 19.6 Å². The van der Waals surface area contributed by atoms with Crippen molar-refractivity contribution in [3.05, 3.63) is 34.7 Å². The number of nitrogens with one attached hydrogen (secondary N) is 1. The van der Waals surface area contributed by atoms with Crippen LogP contribution in [0.3, 0.4) is 0 Å². The lowest BCUT2D eigenvalue weighted by atomic mass is 10.0. The van der Waals surface area contributed by atoms with Crippen LogP contribution in [0.4, 0.5) is 8.78 Å². The van der Waals surface area contributed by atoms with E-state index in [0.29, 0.717) is 13.1 Å². The van der Waals surface area contributed by atoms with Crippen LogP contribution < -0.4 is 5.69 Å². The predicted octanol–water partition coefficient (Wildman–Crippen LogP) is 2.62. The number of aromatic nitrogens is 2. The summed E-state index contributed by atoms with van der Waals surface area (Å²) >= 11 is 0. The number of hydrogen-bond acceptors (Lipinski definition) is 2. The first kappa shape index (κ1) is 14.3. The number of rotatable bonds is 3. The van der Waals surface area contributed by atoms with Gasteiger partial charge >= 0.3 is 5.69 Å². The van der Waals surface area contributed by atoms with Crippen molar-refractivity contribution in [2.45, 2.75) is 31.7 Å². The van der Waals surface area contributed by atoms with Gasteiger partial charge in [-0.05, 0) is 25.0 Å². The van der Waals surface area contributed by atoms with Crippen molar-refractivity contribution >= 4 is 11.0 Å². The van der Waals surface area contributed by atoms with Crippen LogP contribution in [-0.4, -0.2) is 40.0 Å². The molecule has 1 N–H and O–H groups in total. The molecule has 1 fully saturated rings. The molecule has 2 heterocycles. The van der Waals surface area contributed by atoms with Crippen molar-refractivity contribution in [2.24, 2.45) is 0 Å². The van der Waals surface area contributed by atoms with E-state index in [4.69, 9.17) is 0 Å². The summed E-state index contributed by atoms with van der Waals surface area (Å²) in [6.07, 6.45) is 1.44. The number of alkyl halides is 2. The SMILES string of the molecule is CC(F)(F)CN1CCC(n2c(=O)[nH]c3ccccc32)CC1. The monoisotopic (exact) mass is 295 g/mol. The third-order valence-corrected chi connectivity index (χ3v) is 4.05. The normalized spacial score (nSPS) is 18.4. The Morgan fingerprint density at radius 1 is 1.29 bits per heavy atom. The zero-order valence-corrected chi connectivity index (χ0v) is 12.0. The van der Waals surface area contributed by atoms with Crippen molar-refractivity contribution in [1.82, 2.24) is 14.5 Å². The van der Waals surface area contributed by atoms with Gasteiger partial charge in [-0.1, -0.05) is 12.1 Å². The summed E-state index contributed by atoms with van der Waals surface area (Å²) in [6.45, 7) is 1.94. The minimum Gasteiger partial charge on any atom is -0.306 e. The van der Waals surface area contributed by atoms with Crippen LogP contribution in [0.1, 0.15) is 25.8 Å². The summed E-state index contributed by atoms with van der Waals surface area (Å²) in [7, 11) is 0. The van der Waals surface area contributed by atoms with Gasteiger partial charge in [0.05, 0.1) is 17.6 Å². The van der Waals surface area contributed by atoms with Crippen LogP contribution in [0.25, 0.3) is 11.0 Å². The molecule has 0 saturated carbocycles. The quantitative estimate of drug-likeness (QED) is 0.945. The molecule has 0 bridgehead atoms. The smallest absolute Gasteiger partial charge is 0.306 e. The lowest BCUT2D eigenvalue weighted by Crippen LogP contribution is -2.42. The molecule has 114 valence electrons. The van der Waals surface area contributed by atoms with Crippen molar-refractivity contribution in [3.8, 4) is 0 Å². The van der Waals surface area contributed by atoms with E-state index >= 15 is 0 Å². The Hall–Kier alpha value is -1.69. The van der Waals surface area contributed by atoms with Crippen LogP contribution >= 0.6 is 0 Å². The molecular weight excluding hydrogens is 276 g/mol. The minimum absolute atomic E-state index is 0.0791. The van der Waals surface area contributed by atoms with Crippen molar-refractivity contribution < 1.29 is 8.78 Å². The number of piperidine rings is 1. The predicted molar refractivity (Wildman–Crippen MR) is 77.9 cm³/mol. The summed E-state index contributed by atoms with van der Waals surface area (Å²) in [5, 5.41) is 0. The molecule has 1 aromatic carbocycles. The molecular formula is C15H19F2N3O. The maximum Gasteiger partial charge on any atom is 0.326 e. The highest BCUT2D eigenvalue weighted by Crippen LogP contribution is 2.26. The van der Waals surface area contributed by atoms with E-state index in [9.17, 15) is 13.6 Å². The van der Waals surface area contributed by atoms with Gasteiger partial charge in [0.2, 0.25) is 0 Å². The molecule has 2 aromatic rings. The van der Waals surface area contributed by atoms with Crippen molar-refractivity contribution in [1.29, 1.82) is 0 Å². The van der Waals surface area contributed by atoms with E-state index in [1.807, 2.05) is 24.3 Å². The Kier molecular flexibility index (Phi) is 3.57. The van der Waals surface area contributed by atoms with Gasteiger partial charge in [0, 0.05) is 26.1 Å². The molecule has 0 unspecified atom stereocenters. The van der Waals surface area contributed by atoms with Gasteiger partial charge in [-0.3, -0.25) is 9.47 Å². The van der Waals surface area contributed by atoms with E-state index in [1.54, 1.807) is 9.47 Å². The summed E-state index contributed by atoms with van der Waals surface area (Å²) in [6, 6.07) is 7.66. The summed E-state index contributed by atoms with van der Waals surface area (Å²) in [5.41, 5.74) is 1.60. The Balaban J connectivity index is 1.77. The van der Waals surface area contributed by atoms with Crippen molar-refractivity contribution in [3.63, 3.8) is 0 Å². The van der Waals surface area contributed by atoms with Gasteiger partial charge < -0.3 is 4.98 Å². The Bertz CT molecular complexity index is 678. The molecule has 1 aliphatic heterocycles. The van der Waals surface area contributed by atoms with E-state index in [0.717, 1.165) is 30.8 Å². The number of halogens is 2. The molecule has 0 spiro atoms. The van der Waals surface area contributed by atoms with Gasteiger partial charge in [0.25, 0.3) is 5.92 Å². The van der Waals surface area contributed by atoms with E-state index < -0.39 is 5.92 Å². The Morgan fingerprint density at radius 2 is 1.95 bits per heavy atom. The van der Waals surface area contributed by atoms with Gasteiger partial charge in [0.1, 0.15) is 0 Å². The molecule has 21 heavy (non-hydrogen) atoms. The number of H-pyrrole nitrogens is 1. The number of likely N-dealkylation sites (tertiary alicyclic amines) is 1. The molecule has 1 aliphatic rings. The molecule has 4 nitrogen and oxygen atoms in total. The number of fused-ring (bicyclic) bond motifs is 1. The minimum atomic E-state index is -2.66. The van der Waals surface area contributed by atoms with Gasteiger partial charge in [-0.2, -0.15) is 0 Å². The zero-order valence-electron chi connectivity index (χ0n) is 12.0. The van der Waals surface area contributed by atoms with Crippen LogP contribution in [0, 0.1) is 0 Å². The van der Waals surface area contributed by atoms with Crippen LogP contribution in [0.15, 0.2) is 29.1 Å². The summed E-state index contributed by atoms with van der Waals surface area (Å²) < 4.78 is 27.9. The number of benzene rings is 1. The largest absolute Gasteiger partial charge is 0.326 e. The molecule has 1 saturated heterocycles. The Morgan fingerprint density at radius 3 is 2.62 bits per heavy atom. The topological polar surface area (TPSA) is 41.0 Å². The molecule has 3 rings (SSSR count). The fourth-order valence-electron chi connectivity index (χ4n) is 3.17. The third kappa shape index (κ3) is 3.00. The first-order chi connectivity index (χ1) is 9.94. The van der Waals surface area contributed by atoms with Gasteiger partial charge in [-0.25, -0.2) is 13.6 Å². The zero-order chi connectivity index (χ0) is 15.0. The lowest BCUT2D eigenvalue weighted by Gasteiger charge is -2.33. The Labute approximate surface area is 121 Å². The fraction of sp³-hybridized carbons (Fsp3) is 0.533. The van der Waals surface area contributed by atoms with Crippen LogP contribution in [0.5, 0.6) is 0 Å². The number of imidazole rings is 1. The first-order valence-corrected chi connectivity index (χ1v) is 7.23. The second kappa shape index (κ2) is 5.26. The summed E-state index contributed by atoms with van der Waals surface area (Å²) in [4.78, 5) is 16.7. The van der Waals surface area contributed by atoms with E-state index in [2.05, 4.69) is 4.98 Å². The molecule has 6 heteroatoms. The number of para-hydroxylation sites is 2. The van der Waals surface area contributed by atoms with Gasteiger partial charge in [-0.15, -0.1) is 0 Å². The second-order valence-electron chi connectivity index (χ2n) is 5.89. The summed E-state index contributed by atoms with van der Waals surface area (Å²) in [5.74, 6) is -2.66. The molecule has 0 atom stereocenters. The maximum atomic E-state index is 13.0. The van der Waals surface area contributed by atoms with E-state index in [-0.39, 0.29) is 18.3 Å². The average Bonchev–Trinajstić information content (AvgIpc) is 2.74. The van der Waals surface area contributed by atoms with E-state index in [1.165, 1.54) is 0 Å². The lowest BCUT2D eigenvalue weighted by molar-refractivity contribution is -0.0217. The molecule has 0 aliphatic carbocycles. The standard InChI is InChI=1S/C15H19F2N3O/c1-15(16,17)10-19-8-6-11(7-9-19)20-13-5-3-2-4-12(13)18-14(20)21/h2-5,11H,6-10H2,1H3,(H,18,21). The number of nitrogens with zero attached hydrogens (tertiary/aromatic N) is 2. The fourth-order valence-corrected chi connectivity index (χ4v) is 3.17. The van der Waals surface area contributed by atoms with Crippen LogP contribution in [-0.2, 0) is 0 Å². The van der Waals surface area contributed by atoms with Gasteiger partial charge in [0.15, 0.2) is 0 Å². The van der Waals surface area contributed by atoms with Crippen LogP contribution in [0.2, 0.25) is 0 Å². The molecule has 1 aromatic heterocycles. The number of aromatic amines is 1.